The summed E-state index contributed by atoms with van der Waals surface area (Å²) in [5, 5.41) is 9.11. The van der Waals surface area contributed by atoms with Crippen molar-refractivity contribution < 1.29 is 9.90 Å². The van der Waals surface area contributed by atoms with Gasteiger partial charge in [0.1, 0.15) is 0 Å². The zero-order chi connectivity index (χ0) is 8.69. The van der Waals surface area contributed by atoms with E-state index >= 15 is 0 Å². The number of carbonyl (C=O) groups is 1. The number of rotatable bonds is 6. The van der Waals surface area contributed by atoms with E-state index in [-0.39, 0.29) is 11.9 Å². The Bertz CT molecular complexity index is 130. The number of hydrogen-bond donors (Lipinski definition) is 1. The van der Waals surface area contributed by atoms with E-state index in [4.69, 9.17) is 5.11 Å². The Hall–Kier alpha value is -0.630. The topological polar surface area (TPSA) is 37.3 Å². The van der Waals surface area contributed by atoms with Gasteiger partial charge in [-0.3, -0.25) is 4.79 Å². The molecule has 0 radical (unpaired) electrons. The zero-order valence-electron chi connectivity index (χ0n) is 7.05. The molecule has 1 atom stereocenters. The van der Waals surface area contributed by atoms with Gasteiger partial charge in [0.15, 0.2) is 5.78 Å². The van der Waals surface area contributed by atoms with Crippen LogP contribution in [0.3, 0.4) is 0 Å². The Labute approximate surface area is 67.9 Å². The first-order valence-corrected chi connectivity index (χ1v) is 4.04. The summed E-state index contributed by atoms with van der Waals surface area (Å²) in [5.74, 6) is 0.0632. The highest BCUT2D eigenvalue weighted by molar-refractivity contribution is 5.88. The fourth-order valence-electron chi connectivity index (χ4n) is 0.818. The first kappa shape index (κ1) is 10.4. The molecule has 0 fully saturated rings. The van der Waals surface area contributed by atoms with Gasteiger partial charge >= 0.3 is 0 Å². The van der Waals surface area contributed by atoms with Gasteiger partial charge in [-0.2, -0.15) is 0 Å². The van der Waals surface area contributed by atoms with E-state index in [1.165, 1.54) is 6.08 Å². The van der Waals surface area contributed by atoms with Gasteiger partial charge in [-0.25, -0.2) is 0 Å². The molecule has 0 aliphatic carbocycles. The molecule has 2 heteroatoms. The summed E-state index contributed by atoms with van der Waals surface area (Å²) < 4.78 is 0. The summed E-state index contributed by atoms with van der Waals surface area (Å²) in [6, 6.07) is 0. The number of hydrogen-bond acceptors (Lipinski definition) is 2. The van der Waals surface area contributed by atoms with E-state index in [1.807, 2.05) is 6.92 Å². The van der Waals surface area contributed by atoms with E-state index in [2.05, 4.69) is 6.58 Å². The number of aliphatic hydroxyl groups excluding tert-OH is 1. The predicted octanol–water partition coefficient (Wildman–Crippen LogP) is 1.68. The highest BCUT2D eigenvalue weighted by atomic mass is 16.3. The van der Waals surface area contributed by atoms with Crippen LogP contribution in [0.1, 0.15) is 32.6 Å². The Kier molecular flexibility index (Phi) is 5.75. The maximum Gasteiger partial charge on any atom is 0.155 e. The van der Waals surface area contributed by atoms with Crippen molar-refractivity contribution in [2.24, 2.45) is 0 Å². The Morgan fingerprint density at radius 3 is 2.82 bits per heavy atom. The van der Waals surface area contributed by atoms with E-state index in [1.54, 1.807) is 0 Å². The highest BCUT2D eigenvalue weighted by Gasteiger charge is 2.01. The lowest BCUT2D eigenvalue weighted by Crippen LogP contribution is -2.04. The van der Waals surface area contributed by atoms with Crippen molar-refractivity contribution in [2.75, 3.05) is 0 Å². The molecule has 64 valence electrons. The third-order valence-corrected chi connectivity index (χ3v) is 1.66. The fraction of sp³-hybridized carbons (Fsp3) is 0.667. The molecule has 0 saturated carbocycles. The van der Waals surface area contributed by atoms with Gasteiger partial charge < -0.3 is 5.11 Å². The summed E-state index contributed by atoms with van der Waals surface area (Å²) in [6.07, 6.45) is 3.85. The van der Waals surface area contributed by atoms with Gasteiger partial charge in [0.05, 0.1) is 6.10 Å². The van der Waals surface area contributed by atoms with Crippen LogP contribution < -0.4 is 0 Å². The molecule has 0 amide bonds. The molecule has 0 aliphatic rings. The summed E-state index contributed by atoms with van der Waals surface area (Å²) in [6.45, 7) is 5.30. The Balaban J connectivity index is 3.26. The fourth-order valence-corrected chi connectivity index (χ4v) is 0.818. The van der Waals surface area contributed by atoms with E-state index in [0.29, 0.717) is 6.42 Å². The van der Waals surface area contributed by atoms with Crippen molar-refractivity contribution in [2.45, 2.75) is 38.7 Å². The van der Waals surface area contributed by atoms with Crippen molar-refractivity contribution in [3.8, 4) is 0 Å². The summed E-state index contributed by atoms with van der Waals surface area (Å²) in [4.78, 5) is 10.7. The van der Waals surface area contributed by atoms with Crippen LogP contribution in [0.2, 0.25) is 0 Å². The van der Waals surface area contributed by atoms with Gasteiger partial charge in [0.2, 0.25) is 0 Å². The molecule has 0 aliphatic heterocycles. The number of ketones is 1. The zero-order valence-corrected chi connectivity index (χ0v) is 7.05. The van der Waals surface area contributed by atoms with Crippen LogP contribution in [-0.2, 0) is 4.79 Å². The van der Waals surface area contributed by atoms with Crippen molar-refractivity contribution >= 4 is 5.78 Å². The second kappa shape index (κ2) is 6.10. The second-order valence-corrected chi connectivity index (χ2v) is 2.62. The average Bonchev–Trinajstić information content (AvgIpc) is 2.04. The molecule has 0 aromatic carbocycles. The standard InChI is InChI=1S/C9H16O2/c1-3-8(10)6-5-7-9(11)4-2/h3,9,11H,1,4-7H2,2H3. The molecule has 0 saturated heterocycles. The van der Waals surface area contributed by atoms with Crippen LogP contribution in [0.4, 0.5) is 0 Å². The van der Waals surface area contributed by atoms with Crippen LogP contribution >= 0.6 is 0 Å². The maximum absolute atomic E-state index is 10.7. The van der Waals surface area contributed by atoms with Crippen molar-refractivity contribution in [3.05, 3.63) is 12.7 Å². The van der Waals surface area contributed by atoms with Gasteiger partial charge in [-0.05, 0) is 25.3 Å². The normalized spacial score (nSPS) is 12.5. The van der Waals surface area contributed by atoms with Crippen LogP contribution in [0.15, 0.2) is 12.7 Å². The van der Waals surface area contributed by atoms with Crippen LogP contribution in [0.25, 0.3) is 0 Å². The van der Waals surface area contributed by atoms with Crippen molar-refractivity contribution in [1.29, 1.82) is 0 Å². The highest BCUT2D eigenvalue weighted by Crippen LogP contribution is 2.04. The molecule has 0 aromatic rings. The average molecular weight is 156 g/mol. The van der Waals surface area contributed by atoms with Crippen LogP contribution in [-0.4, -0.2) is 17.0 Å². The predicted molar refractivity (Wildman–Crippen MR) is 45.4 cm³/mol. The summed E-state index contributed by atoms with van der Waals surface area (Å²) in [7, 11) is 0. The van der Waals surface area contributed by atoms with Crippen LogP contribution in [0.5, 0.6) is 0 Å². The number of allylic oxidation sites excluding steroid dienone is 1. The molecule has 0 spiro atoms. The van der Waals surface area contributed by atoms with Gasteiger partial charge in [-0.1, -0.05) is 13.5 Å². The summed E-state index contributed by atoms with van der Waals surface area (Å²) >= 11 is 0. The molecule has 0 heterocycles. The molecule has 2 nitrogen and oxygen atoms in total. The van der Waals surface area contributed by atoms with Crippen molar-refractivity contribution in [3.63, 3.8) is 0 Å². The third kappa shape index (κ3) is 5.80. The smallest absolute Gasteiger partial charge is 0.155 e. The molecular weight excluding hydrogens is 140 g/mol. The van der Waals surface area contributed by atoms with Crippen LogP contribution in [0, 0.1) is 0 Å². The first-order chi connectivity index (χ1) is 5.20. The minimum absolute atomic E-state index is 0.0632. The minimum Gasteiger partial charge on any atom is -0.393 e. The molecule has 0 rings (SSSR count). The first-order valence-electron chi connectivity index (χ1n) is 4.04. The van der Waals surface area contributed by atoms with Gasteiger partial charge in [-0.15, -0.1) is 0 Å². The Morgan fingerprint density at radius 1 is 1.73 bits per heavy atom. The third-order valence-electron chi connectivity index (χ3n) is 1.66. The van der Waals surface area contributed by atoms with E-state index in [0.717, 1.165) is 19.3 Å². The van der Waals surface area contributed by atoms with E-state index in [9.17, 15) is 4.79 Å². The lowest BCUT2D eigenvalue weighted by atomic mass is 10.1. The molecule has 11 heavy (non-hydrogen) atoms. The number of carbonyl (C=O) groups excluding carboxylic acids is 1. The largest absolute Gasteiger partial charge is 0.393 e. The number of aliphatic hydroxyl groups is 1. The molecule has 0 aromatic heterocycles. The maximum atomic E-state index is 10.7. The van der Waals surface area contributed by atoms with Gasteiger partial charge in [0, 0.05) is 6.42 Å². The second-order valence-electron chi connectivity index (χ2n) is 2.62. The molecule has 1 N–H and O–H groups in total. The lowest BCUT2D eigenvalue weighted by molar-refractivity contribution is -0.114. The monoisotopic (exact) mass is 156 g/mol. The molecule has 0 bridgehead atoms. The molecule has 1 unspecified atom stereocenters. The summed E-state index contributed by atoms with van der Waals surface area (Å²) in [5.41, 5.74) is 0. The quantitative estimate of drug-likeness (QED) is 0.594. The van der Waals surface area contributed by atoms with E-state index < -0.39 is 0 Å². The molecular formula is C9H16O2. The Morgan fingerprint density at radius 2 is 2.36 bits per heavy atom. The SMILES string of the molecule is C=CC(=O)CCCC(O)CC. The minimum atomic E-state index is -0.243. The van der Waals surface area contributed by atoms with Gasteiger partial charge in [0.25, 0.3) is 0 Å². The van der Waals surface area contributed by atoms with Crippen molar-refractivity contribution in [1.82, 2.24) is 0 Å². The lowest BCUT2D eigenvalue weighted by Gasteiger charge is -2.04.